The van der Waals surface area contributed by atoms with Crippen LogP contribution >= 0.6 is 0 Å². The first-order valence-electron chi connectivity index (χ1n) is 9.10. The lowest BCUT2D eigenvalue weighted by Crippen LogP contribution is -2.20. The average Bonchev–Trinajstić information content (AvgIpc) is 2.66. The van der Waals surface area contributed by atoms with Crippen molar-refractivity contribution in [1.82, 2.24) is 0 Å². The number of nitriles is 1. The normalized spacial score (nSPS) is 14.4. The molecule has 0 saturated heterocycles. The molecule has 2 rings (SSSR count). The fourth-order valence-corrected chi connectivity index (χ4v) is 2.91. The molecule has 2 aromatic carbocycles. The van der Waals surface area contributed by atoms with E-state index in [-0.39, 0.29) is 0 Å². The summed E-state index contributed by atoms with van der Waals surface area (Å²) in [6, 6.07) is 11.6. The average molecular weight is 373 g/mol. The van der Waals surface area contributed by atoms with Crippen LogP contribution in [0.5, 0.6) is 11.5 Å². The number of ether oxygens (including phenoxy) is 5. The molecule has 0 amide bonds. The van der Waals surface area contributed by atoms with Gasteiger partial charge in [-0.3, -0.25) is 0 Å². The zero-order valence-electron chi connectivity index (χ0n) is 16.5. The predicted octanol–water partition coefficient (Wildman–Crippen LogP) is 4.57. The highest BCUT2D eigenvalue weighted by Gasteiger charge is 2.23. The highest BCUT2D eigenvalue weighted by molar-refractivity contribution is 5.94. The van der Waals surface area contributed by atoms with Gasteiger partial charge in [0.1, 0.15) is 11.5 Å². The van der Waals surface area contributed by atoms with Crippen LogP contribution in [0, 0.1) is 11.3 Å². The summed E-state index contributed by atoms with van der Waals surface area (Å²) < 4.78 is 28.3. The summed E-state index contributed by atoms with van der Waals surface area (Å²) in [5.74, 6) is 1.27. The van der Waals surface area contributed by atoms with Crippen LogP contribution in [-0.4, -0.2) is 32.9 Å². The van der Waals surface area contributed by atoms with E-state index in [0.29, 0.717) is 24.5 Å². The minimum absolute atomic E-state index is 0.478. The van der Waals surface area contributed by atoms with Crippen LogP contribution in [0.4, 0.5) is 0 Å². The molecule has 0 spiro atoms. The van der Waals surface area contributed by atoms with Crippen molar-refractivity contribution >= 4 is 10.8 Å². The van der Waals surface area contributed by atoms with Crippen LogP contribution < -0.4 is 9.47 Å². The second-order valence-electron chi connectivity index (χ2n) is 5.85. The Balaban J connectivity index is 2.54. The van der Waals surface area contributed by atoms with Crippen molar-refractivity contribution in [1.29, 1.82) is 5.26 Å². The molecule has 0 aliphatic rings. The lowest BCUT2D eigenvalue weighted by Gasteiger charge is -2.23. The number of nitrogens with zero attached hydrogens (tertiary/aromatic N) is 1. The van der Waals surface area contributed by atoms with Crippen LogP contribution in [0.1, 0.15) is 39.4 Å². The fourth-order valence-electron chi connectivity index (χ4n) is 2.91. The molecule has 2 aromatic rings. The number of fused-ring (bicyclic) bond motifs is 1. The summed E-state index contributed by atoms with van der Waals surface area (Å²) in [6.07, 6.45) is -1.84. The van der Waals surface area contributed by atoms with Gasteiger partial charge in [-0.1, -0.05) is 18.2 Å². The molecule has 0 aromatic heterocycles. The van der Waals surface area contributed by atoms with Gasteiger partial charge in [-0.15, -0.1) is 0 Å². The van der Waals surface area contributed by atoms with E-state index in [1.54, 1.807) is 14.0 Å². The lowest BCUT2D eigenvalue weighted by molar-refractivity contribution is -0.146. The lowest BCUT2D eigenvalue weighted by atomic mass is 10.0. The number of hydrogen-bond acceptors (Lipinski definition) is 6. The van der Waals surface area contributed by atoms with E-state index in [4.69, 9.17) is 23.7 Å². The Morgan fingerprint density at radius 3 is 2.30 bits per heavy atom. The Hall–Kier alpha value is -2.33. The van der Waals surface area contributed by atoms with Gasteiger partial charge < -0.3 is 23.7 Å². The molecule has 3 unspecified atom stereocenters. The maximum absolute atomic E-state index is 9.69. The molecule has 3 atom stereocenters. The zero-order valence-corrected chi connectivity index (χ0v) is 16.5. The number of rotatable bonds is 10. The Bertz CT molecular complexity index is 786. The van der Waals surface area contributed by atoms with E-state index < -0.39 is 18.7 Å². The summed E-state index contributed by atoms with van der Waals surface area (Å²) >= 11 is 0. The highest BCUT2D eigenvalue weighted by Crippen LogP contribution is 2.39. The van der Waals surface area contributed by atoms with E-state index in [9.17, 15) is 5.26 Å². The maximum atomic E-state index is 9.69. The fraction of sp³-hybridized carbons (Fsp3) is 0.476. The number of benzene rings is 2. The molecule has 0 heterocycles. The molecule has 146 valence electrons. The number of hydrogen-bond donors (Lipinski definition) is 0. The molecular formula is C21H27NO5. The van der Waals surface area contributed by atoms with E-state index >= 15 is 0 Å². The van der Waals surface area contributed by atoms with E-state index in [0.717, 1.165) is 16.5 Å². The summed E-state index contributed by atoms with van der Waals surface area (Å²) in [7, 11) is 1.62. The SMILES string of the molecule is CCOC(C)Oc1c(C(C#N)OC(C)OCC)ccc2c(OC)cccc12. The Labute approximate surface area is 160 Å². The maximum Gasteiger partial charge on any atom is 0.197 e. The van der Waals surface area contributed by atoms with Crippen molar-refractivity contribution in [2.75, 3.05) is 20.3 Å². The summed E-state index contributed by atoms with van der Waals surface area (Å²) in [6.45, 7) is 8.38. The number of methoxy groups -OCH3 is 1. The van der Waals surface area contributed by atoms with Crippen molar-refractivity contribution in [3.63, 3.8) is 0 Å². The quantitative estimate of drug-likeness (QED) is 0.568. The third-order valence-corrected chi connectivity index (χ3v) is 4.04. The predicted molar refractivity (Wildman–Crippen MR) is 103 cm³/mol. The Morgan fingerprint density at radius 1 is 0.963 bits per heavy atom. The van der Waals surface area contributed by atoms with Gasteiger partial charge in [0.2, 0.25) is 0 Å². The standard InChI is InChI=1S/C21H27NO5/c1-6-24-14(3)26-20(13-22)18-12-11-16-17(9-8-10-19(16)23-5)21(18)27-15(4)25-7-2/h8-12,14-15,20H,6-7H2,1-5H3. The molecule has 0 saturated carbocycles. The van der Waals surface area contributed by atoms with E-state index in [1.807, 2.05) is 51.1 Å². The molecule has 27 heavy (non-hydrogen) atoms. The summed E-state index contributed by atoms with van der Waals surface area (Å²) in [4.78, 5) is 0. The van der Waals surface area contributed by atoms with Gasteiger partial charge in [0.15, 0.2) is 18.7 Å². The first-order chi connectivity index (χ1) is 13.0. The molecule has 0 fully saturated rings. The first-order valence-corrected chi connectivity index (χ1v) is 9.10. The van der Waals surface area contributed by atoms with Crippen LogP contribution in [-0.2, 0) is 14.2 Å². The summed E-state index contributed by atoms with van der Waals surface area (Å²) in [5.41, 5.74) is 0.622. The Morgan fingerprint density at radius 2 is 1.67 bits per heavy atom. The summed E-state index contributed by atoms with van der Waals surface area (Å²) in [5, 5.41) is 11.4. The Kier molecular flexibility index (Phi) is 7.86. The topological polar surface area (TPSA) is 69.9 Å². The minimum Gasteiger partial charge on any atom is -0.496 e. The van der Waals surface area contributed by atoms with Crippen molar-refractivity contribution in [3.05, 3.63) is 35.9 Å². The van der Waals surface area contributed by atoms with Crippen molar-refractivity contribution in [2.24, 2.45) is 0 Å². The molecule has 6 heteroatoms. The van der Waals surface area contributed by atoms with Gasteiger partial charge in [0, 0.05) is 29.5 Å². The third kappa shape index (κ3) is 5.10. The smallest absolute Gasteiger partial charge is 0.197 e. The van der Waals surface area contributed by atoms with Crippen LogP contribution in [0.3, 0.4) is 0 Å². The first kappa shape index (κ1) is 21.0. The van der Waals surface area contributed by atoms with Gasteiger partial charge in [0.25, 0.3) is 0 Å². The monoisotopic (exact) mass is 373 g/mol. The van der Waals surface area contributed by atoms with Gasteiger partial charge in [-0.25, -0.2) is 0 Å². The van der Waals surface area contributed by atoms with Crippen LogP contribution in [0.15, 0.2) is 30.3 Å². The van der Waals surface area contributed by atoms with Gasteiger partial charge >= 0.3 is 0 Å². The second-order valence-corrected chi connectivity index (χ2v) is 5.85. The molecule has 0 aliphatic heterocycles. The van der Waals surface area contributed by atoms with Crippen LogP contribution in [0.25, 0.3) is 10.8 Å². The van der Waals surface area contributed by atoms with Gasteiger partial charge in [-0.05, 0) is 39.8 Å². The third-order valence-electron chi connectivity index (χ3n) is 4.04. The molecule has 0 bridgehead atoms. The van der Waals surface area contributed by atoms with Crippen molar-refractivity contribution in [2.45, 2.75) is 46.4 Å². The van der Waals surface area contributed by atoms with Crippen molar-refractivity contribution < 1.29 is 23.7 Å². The molecule has 6 nitrogen and oxygen atoms in total. The molecule has 0 radical (unpaired) electrons. The largest absolute Gasteiger partial charge is 0.496 e. The molecule has 0 N–H and O–H groups in total. The van der Waals surface area contributed by atoms with Crippen LogP contribution in [0.2, 0.25) is 0 Å². The highest BCUT2D eigenvalue weighted by atomic mass is 16.7. The molecular weight excluding hydrogens is 346 g/mol. The van der Waals surface area contributed by atoms with Crippen molar-refractivity contribution in [3.8, 4) is 17.6 Å². The zero-order chi connectivity index (χ0) is 19.8. The van der Waals surface area contributed by atoms with Gasteiger partial charge in [0.05, 0.1) is 13.2 Å². The molecule has 0 aliphatic carbocycles. The van der Waals surface area contributed by atoms with E-state index in [1.165, 1.54) is 0 Å². The van der Waals surface area contributed by atoms with Gasteiger partial charge in [-0.2, -0.15) is 5.26 Å². The minimum atomic E-state index is -0.842. The van der Waals surface area contributed by atoms with E-state index in [2.05, 4.69) is 6.07 Å². The second kappa shape index (κ2) is 10.1.